The molecule has 3 heterocycles. The molecule has 3 rings (SSSR count). The van der Waals surface area contributed by atoms with Crippen LogP contribution in [0.1, 0.15) is 29.9 Å². The van der Waals surface area contributed by atoms with Gasteiger partial charge < -0.3 is 9.32 Å². The summed E-state index contributed by atoms with van der Waals surface area (Å²) in [4.78, 5) is 18.2. The number of fused-ring (bicyclic) bond motifs is 1. The van der Waals surface area contributed by atoms with Gasteiger partial charge >= 0.3 is 6.18 Å². The van der Waals surface area contributed by atoms with E-state index < -0.39 is 17.8 Å². The lowest BCUT2D eigenvalue weighted by atomic mass is 10.2. The monoisotopic (exact) mass is 352 g/mol. The van der Waals surface area contributed by atoms with Gasteiger partial charge in [-0.1, -0.05) is 0 Å². The number of hydrogen-bond donors (Lipinski definition) is 0. The first kappa shape index (κ1) is 17.0. The second kappa shape index (κ2) is 6.23. The van der Waals surface area contributed by atoms with Gasteiger partial charge in [-0.15, -0.1) is 0 Å². The number of amides is 1. The lowest BCUT2D eigenvalue weighted by molar-refractivity contribution is -0.142. The van der Waals surface area contributed by atoms with Crippen molar-refractivity contribution in [3.05, 3.63) is 41.9 Å². The van der Waals surface area contributed by atoms with Crippen LogP contribution in [-0.4, -0.2) is 38.5 Å². The van der Waals surface area contributed by atoms with Crippen molar-refractivity contribution in [3.8, 4) is 11.5 Å². The second-order valence-corrected chi connectivity index (χ2v) is 5.27. The SMILES string of the molecule is CCN(CC)C(=O)c1cnn2c(C(F)(F)F)cc(-c3ccco3)nc12. The molecule has 3 aromatic heterocycles. The van der Waals surface area contributed by atoms with Crippen LogP contribution in [0, 0.1) is 0 Å². The molecule has 0 bridgehead atoms. The Morgan fingerprint density at radius 1 is 1.32 bits per heavy atom. The van der Waals surface area contributed by atoms with Crippen LogP contribution in [0.4, 0.5) is 13.2 Å². The maximum Gasteiger partial charge on any atom is 0.433 e. The third kappa shape index (κ3) is 2.97. The van der Waals surface area contributed by atoms with Crippen LogP contribution in [0.2, 0.25) is 0 Å². The third-order valence-electron chi connectivity index (χ3n) is 3.82. The van der Waals surface area contributed by atoms with Crippen molar-refractivity contribution >= 4 is 11.6 Å². The number of aromatic nitrogens is 3. The molecule has 25 heavy (non-hydrogen) atoms. The summed E-state index contributed by atoms with van der Waals surface area (Å²) in [5, 5.41) is 3.74. The first-order valence-electron chi connectivity index (χ1n) is 7.66. The summed E-state index contributed by atoms with van der Waals surface area (Å²) in [5.41, 5.74) is -1.18. The molecule has 0 aromatic carbocycles. The second-order valence-electron chi connectivity index (χ2n) is 5.27. The van der Waals surface area contributed by atoms with E-state index in [9.17, 15) is 18.0 Å². The number of carbonyl (C=O) groups is 1. The largest absolute Gasteiger partial charge is 0.463 e. The number of halogens is 3. The molecule has 0 unspecified atom stereocenters. The van der Waals surface area contributed by atoms with E-state index >= 15 is 0 Å². The van der Waals surface area contributed by atoms with E-state index in [1.165, 1.54) is 17.2 Å². The van der Waals surface area contributed by atoms with Crippen LogP contribution in [0.5, 0.6) is 0 Å². The van der Waals surface area contributed by atoms with Gasteiger partial charge in [-0.05, 0) is 32.0 Å². The van der Waals surface area contributed by atoms with Crippen LogP contribution in [0.3, 0.4) is 0 Å². The number of alkyl halides is 3. The Labute approximate surface area is 140 Å². The maximum atomic E-state index is 13.4. The summed E-state index contributed by atoms with van der Waals surface area (Å²) in [7, 11) is 0. The maximum absolute atomic E-state index is 13.4. The highest BCUT2D eigenvalue weighted by atomic mass is 19.4. The van der Waals surface area contributed by atoms with Crippen LogP contribution in [0.15, 0.2) is 35.1 Å². The van der Waals surface area contributed by atoms with Gasteiger partial charge in [-0.2, -0.15) is 18.3 Å². The Bertz CT molecular complexity index is 896. The normalized spacial score (nSPS) is 11.9. The average Bonchev–Trinajstić information content (AvgIpc) is 3.23. The van der Waals surface area contributed by atoms with E-state index in [-0.39, 0.29) is 22.7 Å². The number of carbonyl (C=O) groups excluding carboxylic acids is 1. The molecular weight excluding hydrogens is 337 g/mol. The first-order chi connectivity index (χ1) is 11.9. The minimum atomic E-state index is -4.66. The van der Waals surface area contributed by atoms with Gasteiger partial charge in [0.25, 0.3) is 5.91 Å². The van der Waals surface area contributed by atoms with E-state index in [0.717, 1.165) is 12.3 Å². The molecule has 3 aromatic rings. The first-order valence-corrected chi connectivity index (χ1v) is 7.66. The number of hydrogen-bond acceptors (Lipinski definition) is 4. The van der Waals surface area contributed by atoms with Gasteiger partial charge in [-0.25, -0.2) is 9.50 Å². The third-order valence-corrected chi connectivity index (χ3v) is 3.82. The van der Waals surface area contributed by atoms with Crippen molar-refractivity contribution in [1.29, 1.82) is 0 Å². The number of rotatable bonds is 4. The highest BCUT2D eigenvalue weighted by Gasteiger charge is 2.36. The van der Waals surface area contributed by atoms with Gasteiger partial charge in [0.1, 0.15) is 11.3 Å². The minimum absolute atomic E-state index is 0.0149. The van der Waals surface area contributed by atoms with Crippen LogP contribution in [-0.2, 0) is 6.18 Å². The summed E-state index contributed by atoms with van der Waals surface area (Å²) in [5.74, 6) is -0.243. The number of furan rings is 1. The van der Waals surface area contributed by atoms with E-state index in [1.54, 1.807) is 19.9 Å². The highest BCUT2D eigenvalue weighted by molar-refractivity contribution is 5.99. The fraction of sp³-hybridized carbons (Fsp3) is 0.312. The molecule has 0 aliphatic rings. The molecule has 0 fully saturated rings. The van der Waals surface area contributed by atoms with Gasteiger partial charge in [-0.3, -0.25) is 4.79 Å². The molecule has 0 spiro atoms. The molecular formula is C16H15F3N4O2. The van der Waals surface area contributed by atoms with Gasteiger partial charge in [0.05, 0.1) is 12.5 Å². The summed E-state index contributed by atoms with van der Waals surface area (Å²) in [6.45, 7) is 4.43. The standard InChI is InChI=1S/C16H15F3N4O2/c1-3-22(4-2)15(24)10-9-20-23-13(16(17,18)19)8-11(21-14(10)23)12-6-5-7-25-12/h5-9H,3-4H2,1-2H3. The van der Waals surface area contributed by atoms with Crippen molar-refractivity contribution in [2.75, 3.05) is 13.1 Å². The van der Waals surface area contributed by atoms with Crippen LogP contribution < -0.4 is 0 Å². The fourth-order valence-corrected chi connectivity index (χ4v) is 2.55. The zero-order chi connectivity index (χ0) is 18.2. The smallest absolute Gasteiger partial charge is 0.433 e. The molecule has 1 amide bonds. The lowest BCUT2D eigenvalue weighted by Gasteiger charge is -2.17. The molecule has 0 aliphatic heterocycles. The zero-order valence-corrected chi connectivity index (χ0v) is 13.5. The van der Waals surface area contributed by atoms with E-state index in [2.05, 4.69) is 10.1 Å². The molecule has 0 saturated carbocycles. The predicted octanol–water partition coefficient (Wildman–Crippen LogP) is 3.49. The van der Waals surface area contributed by atoms with Crippen LogP contribution >= 0.6 is 0 Å². The summed E-state index contributed by atoms with van der Waals surface area (Å²) in [6, 6.07) is 3.90. The average molecular weight is 352 g/mol. The fourth-order valence-electron chi connectivity index (χ4n) is 2.55. The van der Waals surface area contributed by atoms with Gasteiger partial charge in [0.2, 0.25) is 0 Å². The van der Waals surface area contributed by atoms with E-state index in [1.807, 2.05) is 0 Å². The summed E-state index contributed by atoms with van der Waals surface area (Å²) in [6.07, 6.45) is -2.21. The highest BCUT2D eigenvalue weighted by Crippen LogP contribution is 2.33. The topological polar surface area (TPSA) is 63.6 Å². The van der Waals surface area contributed by atoms with Crippen molar-refractivity contribution in [2.24, 2.45) is 0 Å². The Morgan fingerprint density at radius 3 is 2.60 bits per heavy atom. The molecule has 9 heteroatoms. The molecule has 6 nitrogen and oxygen atoms in total. The van der Waals surface area contributed by atoms with E-state index in [0.29, 0.717) is 17.6 Å². The Hall–Kier alpha value is -2.84. The van der Waals surface area contributed by atoms with Crippen molar-refractivity contribution in [3.63, 3.8) is 0 Å². The quantitative estimate of drug-likeness (QED) is 0.721. The van der Waals surface area contributed by atoms with Gasteiger partial charge in [0, 0.05) is 13.1 Å². The van der Waals surface area contributed by atoms with Crippen molar-refractivity contribution in [1.82, 2.24) is 19.5 Å². The van der Waals surface area contributed by atoms with Gasteiger partial charge in [0.15, 0.2) is 17.1 Å². The molecule has 0 saturated heterocycles. The molecule has 0 radical (unpaired) electrons. The summed E-state index contributed by atoms with van der Waals surface area (Å²) >= 11 is 0. The Balaban J connectivity index is 2.25. The lowest BCUT2D eigenvalue weighted by Crippen LogP contribution is -2.30. The minimum Gasteiger partial charge on any atom is -0.463 e. The zero-order valence-electron chi connectivity index (χ0n) is 13.5. The Morgan fingerprint density at radius 2 is 2.04 bits per heavy atom. The van der Waals surface area contributed by atoms with Crippen molar-refractivity contribution in [2.45, 2.75) is 20.0 Å². The molecule has 0 atom stereocenters. The van der Waals surface area contributed by atoms with E-state index in [4.69, 9.17) is 4.42 Å². The van der Waals surface area contributed by atoms with Crippen molar-refractivity contribution < 1.29 is 22.4 Å². The van der Waals surface area contributed by atoms with Crippen LogP contribution in [0.25, 0.3) is 17.1 Å². The summed E-state index contributed by atoms with van der Waals surface area (Å²) < 4.78 is 46.1. The molecule has 0 aliphatic carbocycles. The number of nitrogens with zero attached hydrogens (tertiary/aromatic N) is 4. The Kier molecular flexibility index (Phi) is 4.23. The molecule has 132 valence electrons. The predicted molar refractivity (Wildman–Crippen MR) is 82.9 cm³/mol. The molecule has 0 N–H and O–H groups in total.